The predicted octanol–water partition coefficient (Wildman–Crippen LogP) is 5.88. The molecule has 0 radical (unpaired) electrons. The Hall–Kier alpha value is -0.600. The second kappa shape index (κ2) is 10.2. The van der Waals surface area contributed by atoms with Crippen molar-refractivity contribution in [2.45, 2.75) is 64.8 Å². The van der Waals surface area contributed by atoms with E-state index >= 15 is 0 Å². The van der Waals surface area contributed by atoms with Crippen molar-refractivity contribution >= 4 is 11.6 Å². The molecule has 1 unspecified atom stereocenters. The molecule has 0 saturated heterocycles. The van der Waals surface area contributed by atoms with Crippen LogP contribution >= 0.6 is 11.6 Å². The second-order valence-corrected chi connectivity index (χ2v) is 5.73. The first-order valence-electron chi connectivity index (χ1n) is 7.88. The van der Waals surface area contributed by atoms with Crippen LogP contribution in [0.1, 0.15) is 70.4 Å². The molecular weight excluding hydrogens is 273 g/mol. The van der Waals surface area contributed by atoms with Gasteiger partial charge in [-0.25, -0.2) is 4.39 Å². The summed E-state index contributed by atoms with van der Waals surface area (Å²) in [4.78, 5) is 0. The normalized spacial score (nSPS) is 12.6. The maximum Gasteiger partial charge on any atom is 0.142 e. The molecule has 1 aromatic carbocycles. The van der Waals surface area contributed by atoms with Gasteiger partial charge >= 0.3 is 0 Å². The number of benzene rings is 1. The highest BCUT2D eigenvalue weighted by molar-refractivity contribution is 6.31. The first-order valence-corrected chi connectivity index (χ1v) is 8.25. The summed E-state index contributed by atoms with van der Waals surface area (Å²) in [5.74, 6) is -0.321. The fraction of sp³-hybridized carbons (Fsp3) is 0.647. The summed E-state index contributed by atoms with van der Waals surface area (Å²) in [5.41, 5.74) is 0.899. The van der Waals surface area contributed by atoms with Crippen LogP contribution < -0.4 is 5.32 Å². The topological polar surface area (TPSA) is 12.0 Å². The summed E-state index contributed by atoms with van der Waals surface area (Å²) in [7, 11) is 0. The van der Waals surface area contributed by atoms with Crippen molar-refractivity contribution in [1.82, 2.24) is 5.32 Å². The van der Waals surface area contributed by atoms with E-state index in [1.54, 1.807) is 6.07 Å². The number of halogens is 2. The van der Waals surface area contributed by atoms with Gasteiger partial charge in [-0.2, -0.15) is 0 Å². The summed E-state index contributed by atoms with van der Waals surface area (Å²) in [6, 6.07) is 5.27. The predicted molar refractivity (Wildman–Crippen MR) is 85.8 cm³/mol. The molecule has 0 fully saturated rings. The Bertz CT molecular complexity index is 381. The van der Waals surface area contributed by atoms with Crippen LogP contribution in [0.4, 0.5) is 4.39 Å². The number of hydrogen-bond donors (Lipinski definition) is 1. The van der Waals surface area contributed by atoms with Crippen LogP contribution in [0.25, 0.3) is 0 Å². The van der Waals surface area contributed by atoms with E-state index in [0.717, 1.165) is 31.4 Å². The maximum atomic E-state index is 13.6. The second-order valence-electron chi connectivity index (χ2n) is 5.35. The highest BCUT2D eigenvalue weighted by atomic mass is 35.5. The van der Waals surface area contributed by atoms with E-state index in [-0.39, 0.29) is 16.9 Å². The smallest absolute Gasteiger partial charge is 0.142 e. The molecule has 20 heavy (non-hydrogen) atoms. The molecular formula is C17H27ClFN. The van der Waals surface area contributed by atoms with E-state index in [1.165, 1.54) is 31.7 Å². The van der Waals surface area contributed by atoms with Crippen LogP contribution in [-0.2, 0) is 0 Å². The molecule has 0 aromatic heterocycles. The van der Waals surface area contributed by atoms with Crippen molar-refractivity contribution in [1.29, 1.82) is 0 Å². The number of unbranched alkanes of at least 4 members (excludes halogenated alkanes) is 4. The zero-order valence-electron chi connectivity index (χ0n) is 12.7. The lowest BCUT2D eigenvalue weighted by Crippen LogP contribution is -2.22. The number of rotatable bonds is 10. The molecule has 0 aliphatic heterocycles. The fourth-order valence-corrected chi connectivity index (χ4v) is 2.69. The Balaban J connectivity index is 2.61. The lowest BCUT2D eigenvalue weighted by atomic mass is 9.99. The Morgan fingerprint density at radius 2 is 1.85 bits per heavy atom. The molecule has 0 heterocycles. The quantitative estimate of drug-likeness (QED) is 0.532. The van der Waals surface area contributed by atoms with Gasteiger partial charge < -0.3 is 5.32 Å². The molecule has 1 aromatic rings. The highest BCUT2D eigenvalue weighted by Gasteiger charge is 2.15. The molecule has 0 aliphatic carbocycles. The van der Waals surface area contributed by atoms with Gasteiger partial charge in [-0.15, -0.1) is 0 Å². The zero-order chi connectivity index (χ0) is 14.8. The molecule has 0 spiro atoms. The van der Waals surface area contributed by atoms with Crippen LogP contribution in [0.15, 0.2) is 18.2 Å². The molecule has 0 aliphatic rings. The minimum atomic E-state index is -0.321. The third-order valence-corrected chi connectivity index (χ3v) is 3.99. The summed E-state index contributed by atoms with van der Waals surface area (Å²) in [6.07, 6.45) is 8.33. The Kier molecular flexibility index (Phi) is 8.88. The van der Waals surface area contributed by atoms with Crippen LogP contribution in [0.5, 0.6) is 0 Å². The van der Waals surface area contributed by atoms with Crippen molar-refractivity contribution in [3.8, 4) is 0 Å². The third kappa shape index (κ3) is 5.80. The number of nitrogens with one attached hydrogen (secondary N) is 1. The molecule has 0 saturated carbocycles. The van der Waals surface area contributed by atoms with Gasteiger partial charge in [-0.05, 0) is 31.0 Å². The van der Waals surface area contributed by atoms with Crippen molar-refractivity contribution in [2.24, 2.45) is 0 Å². The van der Waals surface area contributed by atoms with Gasteiger partial charge in [0.05, 0.1) is 5.02 Å². The van der Waals surface area contributed by atoms with Gasteiger partial charge in [0.1, 0.15) is 5.82 Å². The summed E-state index contributed by atoms with van der Waals surface area (Å²) in [5, 5.41) is 3.77. The van der Waals surface area contributed by atoms with E-state index < -0.39 is 0 Å². The van der Waals surface area contributed by atoms with E-state index in [4.69, 9.17) is 11.6 Å². The van der Waals surface area contributed by atoms with Crippen molar-refractivity contribution in [2.75, 3.05) is 6.54 Å². The van der Waals surface area contributed by atoms with Crippen molar-refractivity contribution in [3.05, 3.63) is 34.6 Å². The van der Waals surface area contributed by atoms with Gasteiger partial charge in [0, 0.05) is 6.04 Å². The molecule has 1 rings (SSSR count). The average Bonchev–Trinajstić information content (AvgIpc) is 2.45. The molecule has 3 heteroatoms. The number of hydrogen-bond acceptors (Lipinski definition) is 1. The first-order chi connectivity index (χ1) is 9.70. The monoisotopic (exact) mass is 299 g/mol. The van der Waals surface area contributed by atoms with Gasteiger partial charge in [-0.3, -0.25) is 0 Å². The highest BCUT2D eigenvalue weighted by Crippen LogP contribution is 2.29. The van der Waals surface area contributed by atoms with Gasteiger partial charge in [-0.1, -0.05) is 69.7 Å². The largest absolute Gasteiger partial charge is 0.310 e. The van der Waals surface area contributed by atoms with E-state index in [9.17, 15) is 4.39 Å². The van der Waals surface area contributed by atoms with Gasteiger partial charge in [0.25, 0.3) is 0 Å². The van der Waals surface area contributed by atoms with Crippen molar-refractivity contribution in [3.63, 3.8) is 0 Å². The van der Waals surface area contributed by atoms with Gasteiger partial charge in [0.2, 0.25) is 0 Å². The average molecular weight is 300 g/mol. The van der Waals surface area contributed by atoms with Crippen LogP contribution in [0, 0.1) is 5.82 Å². The van der Waals surface area contributed by atoms with E-state index in [2.05, 4.69) is 19.2 Å². The first kappa shape index (κ1) is 17.5. The van der Waals surface area contributed by atoms with Crippen LogP contribution in [0.3, 0.4) is 0 Å². The standard InChI is InChI=1S/C17H27ClFN/c1-3-5-6-7-8-12-16(20-13-4-2)14-10-9-11-15(19)17(14)18/h9-11,16,20H,3-8,12-13H2,1-2H3. The maximum absolute atomic E-state index is 13.6. The Morgan fingerprint density at radius 3 is 2.55 bits per heavy atom. The van der Waals surface area contributed by atoms with Crippen LogP contribution in [-0.4, -0.2) is 6.54 Å². The molecule has 0 amide bonds. The third-order valence-electron chi connectivity index (χ3n) is 3.59. The molecule has 0 bridgehead atoms. The van der Waals surface area contributed by atoms with Crippen molar-refractivity contribution < 1.29 is 4.39 Å². The molecule has 1 N–H and O–H groups in total. The lowest BCUT2D eigenvalue weighted by molar-refractivity contribution is 0.466. The molecule has 114 valence electrons. The van der Waals surface area contributed by atoms with E-state index in [0.29, 0.717) is 0 Å². The SMILES string of the molecule is CCCCCCCC(NCCC)c1cccc(F)c1Cl. The Labute approximate surface area is 127 Å². The molecule has 1 nitrogen and oxygen atoms in total. The summed E-state index contributed by atoms with van der Waals surface area (Å²) >= 11 is 6.11. The Morgan fingerprint density at radius 1 is 1.10 bits per heavy atom. The summed E-state index contributed by atoms with van der Waals surface area (Å²) < 4.78 is 13.6. The fourth-order valence-electron chi connectivity index (χ4n) is 2.43. The minimum Gasteiger partial charge on any atom is -0.310 e. The zero-order valence-corrected chi connectivity index (χ0v) is 13.5. The van der Waals surface area contributed by atoms with E-state index in [1.807, 2.05) is 6.07 Å². The minimum absolute atomic E-state index is 0.166. The molecule has 1 atom stereocenters. The van der Waals surface area contributed by atoms with Crippen LogP contribution in [0.2, 0.25) is 5.02 Å². The summed E-state index contributed by atoms with van der Waals surface area (Å²) in [6.45, 7) is 5.29. The lowest BCUT2D eigenvalue weighted by Gasteiger charge is -2.20. The van der Waals surface area contributed by atoms with Gasteiger partial charge in [0.15, 0.2) is 0 Å².